The number of likely N-dealkylation sites (tertiary alicyclic amines) is 1. The molecule has 1 unspecified atom stereocenters. The van der Waals surface area contributed by atoms with Gasteiger partial charge < -0.3 is 15.0 Å². The molecule has 1 aromatic carbocycles. The van der Waals surface area contributed by atoms with Crippen molar-refractivity contribution in [2.75, 3.05) is 18.5 Å². The number of carbonyl (C=O) groups is 1. The van der Waals surface area contributed by atoms with Crippen LogP contribution in [-0.4, -0.2) is 30.1 Å². The molecule has 2 rings (SSSR count). The summed E-state index contributed by atoms with van der Waals surface area (Å²) in [6, 6.07) is 7.84. The number of piperidine rings is 1. The lowest BCUT2D eigenvalue weighted by Crippen LogP contribution is -2.44. The number of rotatable bonds is 3. The number of nitrogens with one attached hydrogen (secondary N) is 1. The Morgan fingerprint density at radius 2 is 2.21 bits per heavy atom. The number of para-hydroxylation sites is 2. The monoisotopic (exact) mass is 262 g/mol. The average Bonchev–Trinajstić information content (AvgIpc) is 2.41. The SMILES string of the molecule is CCOc1ccccc1NC(=O)N1CCCCC1C. The van der Waals surface area contributed by atoms with E-state index in [0.717, 1.165) is 30.8 Å². The zero-order valence-electron chi connectivity index (χ0n) is 11.7. The molecule has 4 heteroatoms. The van der Waals surface area contributed by atoms with E-state index < -0.39 is 0 Å². The fourth-order valence-electron chi connectivity index (χ4n) is 2.44. The molecule has 0 aliphatic carbocycles. The Bertz CT molecular complexity index is 434. The van der Waals surface area contributed by atoms with Crippen molar-refractivity contribution in [1.29, 1.82) is 0 Å². The Morgan fingerprint density at radius 3 is 2.95 bits per heavy atom. The van der Waals surface area contributed by atoms with E-state index in [2.05, 4.69) is 12.2 Å². The van der Waals surface area contributed by atoms with E-state index in [9.17, 15) is 4.79 Å². The van der Waals surface area contributed by atoms with E-state index in [1.165, 1.54) is 6.42 Å². The first kappa shape index (κ1) is 13.7. The number of urea groups is 1. The van der Waals surface area contributed by atoms with Crippen LogP contribution in [0.2, 0.25) is 0 Å². The van der Waals surface area contributed by atoms with Gasteiger partial charge >= 0.3 is 6.03 Å². The first-order chi connectivity index (χ1) is 9.22. The van der Waals surface area contributed by atoms with Gasteiger partial charge in [-0.1, -0.05) is 12.1 Å². The minimum atomic E-state index is -0.0284. The number of amides is 2. The predicted octanol–water partition coefficient (Wildman–Crippen LogP) is 3.49. The third kappa shape index (κ3) is 3.40. The molecule has 1 heterocycles. The Kier molecular flexibility index (Phi) is 4.66. The molecule has 0 aromatic heterocycles. The summed E-state index contributed by atoms with van der Waals surface area (Å²) in [5.74, 6) is 0.725. The van der Waals surface area contributed by atoms with Crippen LogP contribution in [0.25, 0.3) is 0 Å². The first-order valence-corrected chi connectivity index (χ1v) is 7.02. The topological polar surface area (TPSA) is 41.6 Å². The maximum absolute atomic E-state index is 12.3. The lowest BCUT2D eigenvalue weighted by atomic mass is 10.0. The van der Waals surface area contributed by atoms with Crippen molar-refractivity contribution in [1.82, 2.24) is 4.90 Å². The number of ether oxygens (including phenoxy) is 1. The molecule has 1 fully saturated rings. The predicted molar refractivity (Wildman–Crippen MR) is 76.6 cm³/mol. The quantitative estimate of drug-likeness (QED) is 0.906. The van der Waals surface area contributed by atoms with Crippen molar-refractivity contribution in [3.05, 3.63) is 24.3 Å². The van der Waals surface area contributed by atoms with Crippen molar-refractivity contribution < 1.29 is 9.53 Å². The Labute approximate surface area is 114 Å². The summed E-state index contributed by atoms with van der Waals surface area (Å²) in [4.78, 5) is 14.2. The van der Waals surface area contributed by atoms with Crippen LogP contribution in [0.3, 0.4) is 0 Å². The van der Waals surface area contributed by atoms with Gasteiger partial charge in [-0.2, -0.15) is 0 Å². The second-order valence-electron chi connectivity index (χ2n) is 4.90. The summed E-state index contributed by atoms with van der Waals surface area (Å²) in [6.45, 7) is 5.47. The van der Waals surface area contributed by atoms with Gasteiger partial charge in [-0.15, -0.1) is 0 Å². The second-order valence-corrected chi connectivity index (χ2v) is 4.90. The van der Waals surface area contributed by atoms with Gasteiger partial charge in [0.2, 0.25) is 0 Å². The molecule has 104 valence electrons. The van der Waals surface area contributed by atoms with Gasteiger partial charge in [0.15, 0.2) is 0 Å². The highest BCUT2D eigenvalue weighted by Gasteiger charge is 2.23. The van der Waals surface area contributed by atoms with Crippen molar-refractivity contribution in [2.24, 2.45) is 0 Å². The summed E-state index contributed by atoms with van der Waals surface area (Å²) in [5.41, 5.74) is 0.743. The molecule has 1 aliphatic heterocycles. The minimum absolute atomic E-state index is 0.0284. The molecular formula is C15H22N2O2. The van der Waals surface area contributed by atoms with Crippen LogP contribution in [0.15, 0.2) is 24.3 Å². The van der Waals surface area contributed by atoms with Crippen LogP contribution in [-0.2, 0) is 0 Å². The minimum Gasteiger partial charge on any atom is -0.492 e. The van der Waals surface area contributed by atoms with E-state index in [1.54, 1.807) is 0 Å². The van der Waals surface area contributed by atoms with Crippen LogP contribution in [0.4, 0.5) is 10.5 Å². The summed E-state index contributed by atoms with van der Waals surface area (Å²) in [7, 11) is 0. The molecule has 2 amide bonds. The van der Waals surface area contributed by atoms with Crippen LogP contribution in [0.5, 0.6) is 5.75 Å². The molecule has 1 N–H and O–H groups in total. The average molecular weight is 262 g/mol. The number of hydrogen-bond donors (Lipinski definition) is 1. The number of nitrogens with zero attached hydrogens (tertiary/aromatic N) is 1. The highest BCUT2D eigenvalue weighted by Crippen LogP contribution is 2.25. The maximum atomic E-state index is 12.3. The summed E-state index contributed by atoms with van der Waals surface area (Å²) in [6.07, 6.45) is 3.38. The smallest absolute Gasteiger partial charge is 0.322 e. The van der Waals surface area contributed by atoms with Gasteiger partial charge in [0, 0.05) is 12.6 Å². The molecule has 0 saturated carbocycles. The third-order valence-electron chi connectivity index (χ3n) is 3.49. The van der Waals surface area contributed by atoms with Crippen molar-refractivity contribution in [3.63, 3.8) is 0 Å². The third-order valence-corrected chi connectivity index (χ3v) is 3.49. The van der Waals surface area contributed by atoms with Gasteiger partial charge in [0.05, 0.1) is 12.3 Å². The molecule has 0 spiro atoms. The van der Waals surface area contributed by atoms with E-state index in [1.807, 2.05) is 36.1 Å². The largest absolute Gasteiger partial charge is 0.492 e. The molecule has 1 saturated heterocycles. The normalized spacial score (nSPS) is 19.1. The fourth-order valence-corrected chi connectivity index (χ4v) is 2.44. The molecule has 4 nitrogen and oxygen atoms in total. The zero-order chi connectivity index (χ0) is 13.7. The zero-order valence-corrected chi connectivity index (χ0v) is 11.7. The lowest BCUT2D eigenvalue weighted by molar-refractivity contribution is 0.170. The molecule has 1 aliphatic rings. The highest BCUT2D eigenvalue weighted by molar-refractivity contribution is 5.91. The van der Waals surface area contributed by atoms with E-state index in [4.69, 9.17) is 4.74 Å². The molecule has 0 radical (unpaired) electrons. The Hall–Kier alpha value is -1.71. The summed E-state index contributed by atoms with van der Waals surface area (Å²) >= 11 is 0. The van der Waals surface area contributed by atoms with E-state index in [-0.39, 0.29) is 6.03 Å². The van der Waals surface area contributed by atoms with Gasteiger partial charge in [-0.25, -0.2) is 4.79 Å². The standard InChI is InChI=1S/C15H22N2O2/c1-3-19-14-10-5-4-9-13(14)16-15(18)17-11-7-6-8-12(17)2/h4-5,9-10,12H,3,6-8,11H2,1-2H3,(H,16,18). The molecule has 0 bridgehead atoms. The molecular weight excluding hydrogens is 240 g/mol. The van der Waals surface area contributed by atoms with Crippen LogP contribution >= 0.6 is 0 Å². The van der Waals surface area contributed by atoms with E-state index >= 15 is 0 Å². The van der Waals surface area contributed by atoms with Gasteiger partial charge in [0.25, 0.3) is 0 Å². The van der Waals surface area contributed by atoms with Gasteiger partial charge in [0.1, 0.15) is 5.75 Å². The summed E-state index contributed by atoms with van der Waals surface area (Å²) < 4.78 is 5.52. The number of anilines is 1. The number of benzene rings is 1. The van der Waals surface area contributed by atoms with Gasteiger partial charge in [-0.05, 0) is 45.2 Å². The molecule has 19 heavy (non-hydrogen) atoms. The van der Waals surface area contributed by atoms with E-state index in [0.29, 0.717) is 12.6 Å². The van der Waals surface area contributed by atoms with Crippen LogP contribution in [0.1, 0.15) is 33.1 Å². The lowest BCUT2D eigenvalue weighted by Gasteiger charge is -2.33. The Morgan fingerprint density at radius 1 is 1.42 bits per heavy atom. The summed E-state index contributed by atoms with van der Waals surface area (Å²) in [5, 5.41) is 2.96. The molecule has 1 aromatic rings. The maximum Gasteiger partial charge on any atom is 0.322 e. The first-order valence-electron chi connectivity index (χ1n) is 7.02. The Balaban J connectivity index is 2.05. The number of hydrogen-bond acceptors (Lipinski definition) is 2. The number of carbonyl (C=O) groups excluding carboxylic acids is 1. The van der Waals surface area contributed by atoms with Crippen molar-refractivity contribution >= 4 is 11.7 Å². The highest BCUT2D eigenvalue weighted by atomic mass is 16.5. The fraction of sp³-hybridized carbons (Fsp3) is 0.533. The van der Waals surface area contributed by atoms with Crippen LogP contribution in [0, 0.1) is 0 Å². The van der Waals surface area contributed by atoms with Gasteiger partial charge in [-0.3, -0.25) is 0 Å². The van der Waals surface area contributed by atoms with Crippen LogP contribution < -0.4 is 10.1 Å². The second kappa shape index (κ2) is 6.45. The van der Waals surface area contributed by atoms with Crippen molar-refractivity contribution in [3.8, 4) is 5.75 Å². The molecule has 1 atom stereocenters. The van der Waals surface area contributed by atoms with Crippen molar-refractivity contribution in [2.45, 2.75) is 39.2 Å².